The molecule has 0 atom stereocenters. The lowest BCUT2D eigenvalue weighted by Crippen LogP contribution is -1.86. The molecule has 5 aromatic rings. The molecule has 0 aliphatic heterocycles. The molecular formula is C22H15N3. The molecule has 0 saturated carbocycles. The Morgan fingerprint density at radius 1 is 0.520 bits per heavy atom. The predicted molar refractivity (Wildman–Crippen MR) is 102 cm³/mol. The van der Waals surface area contributed by atoms with Crippen molar-refractivity contribution in [3.05, 3.63) is 85.2 Å². The number of benzene rings is 2. The van der Waals surface area contributed by atoms with Crippen LogP contribution < -0.4 is 0 Å². The maximum absolute atomic E-state index is 4.45. The lowest BCUT2D eigenvalue weighted by atomic mass is 10.1. The number of nitrogens with one attached hydrogen (secondary N) is 1. The van der Waals surface area contributed by atoms with Crippen molar-refractivity contribution in [2.45, 2.75) is 0 Å². The third kappa shape index (κ3) is 2.29. The Hall–Kier alpha value is -3.46. The number of rotatable bonds is 2. The fraction of sp³-hybridized carbons (Fsp3) is 0. The SMILES string of the molecule is c1ccc2c(-c3ccc(-c4ccnc5ccccc45)[nH]3)ccnc2c1. The molecule has 0 saturated heterocycles. The molecule has 0 aliphatic rings. The Balaban J connectivity index is 1.69. The highest BCUT2D eigenvalue weighted by molar-refractivity contribution is 5.96. The zero-order valence-corrected chi connectivity index (χ0v) is 13.5. The summed E-state index contributed by atoms with van der Waals surface area (Å²) in [5, 5.41) is 2.30. The van der Waals surface area contributed by atoms with Crippen LogP contribution in [0.4, 0.5) is 0 Å². The highest BCUT2D eigenvalue weighted by atomic mass is 14.7. The monoisotopic (exact) mass is 321 g/mol. The van der Waals surface area contributed by atoms with Crippen LogP contribution in [-0.4, -0.2) is 15.0 Å². The molecule has 0 bridgehead atoms. The molecule has 3 nitrogen and oxygen atoms in total. The van der Waals surface area contributed by atoms with E-state index in [1.165, 1.54) is 0 Å². The largest absolute Gasteiger partial charge is 0.355 e. The van der Waals surface area contributed by atoms with E-state index < -0.39 is 0 Å². The molecule has 2 aromatic carbocycles. The Morgan fingerprint density at radius 3 is 1.52 bits per heavy atom. The maximum Gasteiger partial charge on any atom is 0.0708 e. The summed E-state index contributed by atoms with van der Waals surface area (Å²) in [6.07, 6.45) is 3.72. The van der Waals surface area contributed by atoms with E-state index in [-0.39, 0.29) is 0 Å². The van der Waals surface area contributed by atoms with Gasteiger partial charge in [0, 0.05) is 45.7 Å². The Kier molecular flexibility index (Phi) is 3.10. The summed E-state index contributed by atoms with van der Waals surface area (Å²) >= 11 is 0. The Bertz CT molecular complexity index is 1100. The minimum Gasteiger partial charge on any atom is -0.355 e. The van der Waals surface area contributed by atoms with Crippen LogP contribution in [0.3, 0.4) is 0 Å². The number of aromatic amines is 1. The molecule has 118 valence electrons. The van der Waals surface area contributed by atoms with Crippen molar-refractivity contribution in [3.63, 3.8) is 0 Å². The number of hydrogen-bond donors (Lipinski definition) is 1. The number of para-hydroxylation sites is 2. The van der Waals surface area contributed by atoms with E-state index in [1.54, 1.807) is 0 Å². The molecule has 3 heterocycles. The molecule has 0 fully saturated rings. The van der Waals surface area contributed by atoms with E-state index >= 15 is 0 Å². The van der Waals surface area contributed by atoms with Gasteiger partial charge in [0.25, 0.3) is 0 Å². The molecule has 0 spiro atoms. The molecule has 3 heteroatoms. The van der Waals surface area contributed by atoms with Gasteiger partial charge in [-0.25, -0.2) is 0 Å². The summed E-state index contributed by atoms with van der Waals surface area (Å²) in [5.74, 6) is 0. The third-order valence-corrected chi connectivity index (χ3v) is 4.56. The topological polar surface area (TPSA) is 41.6 Å². The van der Waals surface area contributed by atoms with Gasteiger partial charge in [-0.2, -0.15) is 0 Å². The van der Waals surface area contributed by atoms with Gasteiger partial charge in [-0.15, -0.1) is 0 Å². The zero-order valence-electron chi connectivity index (χ0n) is 13.5. The number of H-pyrrole nitrogens is 1. The van der Waals surface area contributed by atoms with Gasteiger partial charge in [-0.1, -0.05) is 36.4 Å². The molecule has 3 aromatic heterocycles. The van der Waals surface area contributed by atoms with Crippen molar-refractivity contribution >= 4 is 21.8 Å². The van der Waals surface area contributed by atoms with Crippen LogP contribution >= 0.6 is 0 Å². The zero-order chi connectivity index (χ0) is 16.6. The van der Waals surface area contributed by atoms with Crippen LogP contribution in [0.2, 0.25) is 0 Å². The molecule has 0 aliphatic carbocycles. The lowest BCUT2D eigenvalue weighted by molar-refractivity contribution is 1.36. The quantitative estimate of drug-likeness (QED) is 0.470. The van der Waals surface area contributed by atoms with Gasteiger partial charge < -0.3 is 4.98 Å². The van der Waals surface area contributed by atoms with Crippen LogP contribution in [0.5, 0.6) is 0 Å². The summed E-state index contributed by atoms with van der Waals surface area (Å²) < 4.78 is 0. The second-order valence-electron chi connectivity index (χ2n) is 6.04. The van der Waals surface area contributed by atoms with Crippen molar-refractivity contribution in [1.82, 2.24) is 15.0 Å². The third-order valence-electron chi connectivity index (χ3n) is 4.56. The standard InChI is InChI=1S/C22H15N3/c1-3-7-19-15(5-1)17(11-13-23-19)21-9-10-22(25-21)18-12-14-24-20-8-4-2-6-16(18)20/h1-14,25H. The van der Waals surface area contributed by atoms with Crippen LogP contribution in [0, 0.1) is 0 Å². The minimum atomic E-state index is 1.01. The Labute approximate surface area is 145 Å². The van der Waals surface area contributed by atoms with Crippen LogP contribution in [0.1, 0.15) is 0 Å². The fourth-order valence-corrected chi connectivity index (χ4v) is 3.37. The van der Waals surface area contributed by atoms with Gasteiger partial charge >= 0.3 is 0 Å². The fourth-order valence-electron chi connectivity index (χ4n) is 3.37. The Morgan fingerprint density at radius 2 is 1.00 bits per heavy atom. The van der Waals surface area contributed by atoms with E-state index in [1.807, 2.05) is 48.8 Å². The molecule has 0 radical (unpaired) electrons. The molecule has 25 heavy (non-hydrogen) atoms. The molecule has 0 amide bonds. The summed E-state index contributed by atoms with van der Waals surface area (Å²) in [6.45, 7) is 0. The van der Waals surface area contributed by atoms with Crippen molar-refractivity contribution in [3.8, 4) is 22.5 Å². The second kappa shape index (κ2) is 5.56. The number of aromatic nitrogens is 3. The normalized spacial score (nSPS) is 11.2. The van der Waals surface area contributed by atoms with E-state index in [4.69, 9.17) is 0 Å². The van der Waals surface area contributed by atoms with Crippen molar-refractivity contribution in [2.75, 3.05) is 0 Å². The summed E-state index contributed by atoms with van der Waals surface area (Å²) in [4.78, 5) is 12.5. The molecule has 5 rings (SSSR count). The summed E-state index contributed by atoms with van der Waals surface area (Å²) in [7, 11) is 0. The van der Waals surface area contributed by atoms with Crippen LogP contribution in [-0.2, 0) is 0 Å². The highest BCUT2D eigenvalue weighted by Crippen LogP contribution is 2.31. The molecule has 0 unspecified atom stereocenters. The van der Waals surface area contributed by atoms with Gasteiger partial charge in [-0.3, -0.25) is 9.97 Å². The molecular weight excluding hydrogens is 306 g/mol. The maximum atomic E-state index is 4.45. The van der Waals surface area contributed by atoms with Gasteiger partial charge in [0.1, 0.15) is 0 Å². The first-order chi connectivity index (χ1) is 12.4. The number of nitrogens with zero attached hydrogens (tertiary/aromatic N) is 2. The number of pyridine rings is 2. The van der Waals surface area contributed by atoms with E-state index in [2.05, 4.69) is 51.4 Å². The average Bonchev–Trinajstić information content (AvgIpc) is 3.17. The van der Waals surface area contributed by atoms with Gasteiger partial charge in [-0.05, 0) is 36.4 Å². The van der Waals surface area contributed by atoms with Crippen molar-refractivity contribution in [1.29, 1.82) is 0 Å². The number of hydrogen-bond acceptors (Lipinski definition) is 2. The van der Waals surface area contributed by atoms with Crippen molar-refractivity contribution < 1.29 is 0 Å². The van der Waals surface area contributed by atoms with Crippen LogP contribution in [0.25, 0.3) is 44.3 Å². The van der Waals surface area contributed by atoms with Crippen LogP contribution in [0.15, 0.2) is 85.2 Å². The van der Waals surface area contributed by atoms with Gasteiger partial charge in [0.2, 0.25) is 0 Å². The highest BCUT2D eigenvalue weighted by Gasteiger charge is 2.09. The predicted octanol–water partition coefficient (Wildman–Crippen LogP) is 5.45. The van der Waals surface area contributed by atoms with Gasteiger partial charge in [0.15, 0.2) is 0 Å². The van der Waals surface area contributed by atoms with Gasteiger partial charge in [0.05, 0.1) is 11.0 Å². The first kappa shape index (κ1) is 13.9. The first-order valence-corrected chi connectivity index (χ1v) is 8.27. The second-order valence-corrected chi connectivity index (χ2v) is 6.04. The average molecular weight is 321 g/mol. The van der Waals surface area contributed by atoms with Crippen molar-refractivity contribution in [2.24, 2.45) is 0 Å². The van der Waals surface area contributed by atoms with E-state index in [0.29, 0.717) is 0 Å². The lowest BCUT2D eigenvalue weighted by Gasteiger charge is -2.06. The first-order valence-electron chi connectivity index (χ1n) is 8.27. The summed E-state index contributed by atoms with van der Waals surface area (Å²) in [6, 6.07) is 24.8. The summed E-state index contributed by atoms with van der Waals surface area (Å²) in [5.41, 5.74) is 6.52. The minimum absolute atomic E-state index is 1.01. The smallest absolute Gasteiger partial charge is 0.0708 e. The molecule has 1 N–H and O–H groups in total. The van der Waals surface area contributed by atoms with E-state index in [0.717, 1.165) is 44.3 Å². The van der Waals surface area contributed by atoms with E-state index in [9.17, 15) is 0 Å². The number of fused-ring (bicyclic) bond motifs is 2.